The van der Waals surface area contributed by atoms with Crippen LogP contribution < -0.4 is 5.32 Å². The number of amides is 1. The van der Waals surface area contributed by atoms with E-state index in [-0.39, 0.29) is 13.0 Å². The second kappa shape index (κ2) is 6.97. The van der Waals surface area contributed by atoms with Crippen LogP contribution in [0.5, 0.6) is 0 Å². The Morgan fingerprint density at radius 1 is 1.04 bits per heavy atom. The number of esters is 1. The molecule has 0 bridgehead atoms. The summed E-state index contributed by atoms with van der Waals surface area (Å²) < 4.78 is 13.2. The minimum Gasteiger partial charge on any atom is -0.455 e. The Morgan fingerprint density at radius 2 is 1.87 bits per heavy atom. The van der Waals surface area contributed by atoms with Gasteiger partial charge in [-0.15, -0.1) is 0 Å². The van der Waals surface area contributed by atoms with Gasteiger partial charge < -0.3 is 10.1 Å². The highest BCUT2D eigenvalue weighted by Crippen LogP contribution is 2.20. The minimum absolute atomic E-state index is 0.139. The number of rotatable bonds is 5. The number of nitrogens with one attached hydrogen (secondary N) is 1. The van der Waals surface area contributed by atoms with Gasteiger partial charge in [-0.3, -0.25) is 9.59 Å². The summed E-state index contributed by atoms with van der Waals surface area (Å²) in [7, 11) is 0. The molecule has 1 heterocycles. The number of nitrogens with zero attached hydrogens (tertiary/aromatic N) is 2. The Hall–Kier alpha value is -2.80. The predicted molar refractivity (Wildman–Crippen MR) is 87.1 cm³/mol. The van der Waals surface area contributed by atoms with E-state index in [4.69, 9.17) is 4.74 Å². The van der Waals surface area contributed by atoms with Gasteiger partial charge in [-0.2, -0.15) is 8.75 Å². The number of hydrogen-bond donors (Lipinski definition) is 1. The summed E-state index contributed by atoms with van der Waals surface area (Å²) in [6.45, 7) is -0.334. The second-order valence-corrected chi connectivity index (χ2v) is 5.34. The van der Waals surface area contributed by atoms with Crippen molar-refractivity contribution in [3.05, 3.63) is 54.1 Å². The molecular formula is C16H13N3O3S. The van der Waals surface area contributed by atoms with Crippen LogP contribution >= 0.6 is 11.7 Å². The highest BCUT2D eigenvalue weighted by atomic mass is 32.1. The molecule has 23 heavy (non-hydrogen) atoms. The third-order valence-electron chi connectivity index (χ3n) is 3.12. The van der Waals surface area contributed by atoms with Crippen LogP contribution in [-0.2, 0) is 20.7 Å². The fourth-order valence-electron chi connectivity index (χ4n) is 2.05. The number of aromatic nitrogens is 2. The maximum Gasteiger partial charge on any atom is 0.310 e. The maximum atomic E-state index is 11.9. The monoisotopic (exact) mass is 327 g/mol. The van der Waals surface area contributed by atoms with Gasteiger partial charge in [0.15, 0.2) is 6.61 Å². The SMILES string of the molecule is O=C(COC(=O)Cc1ccccc1)Nc1cccc2nsnc12. The molecule has 0 fully saturated rings. The quantitative estimate of drug-likeness (QED) is 0.728. The van der Waals surface area contributed by atoms with Crippen molar-refractivity contribution in [2.24, 2.45) is 0 Å². The first kappa shape index (κ1) is 15.1. The Morgan fingerprint density at radius 3 is 2.70 bits per heavy atom. The number of fused-ring (bicyclic) bond motifs is 1. The van der Waals surface area contributed by atoms with Crippen molar-refractivity contribution < 1.29 is 14.3 Å². The topological polar surface area (TPSA) is 81.2 Å². The van der Waals surface area contributed by atoms with Gasteiger partial charge >= 0.3 is 5.97 Å². The van der Waals surface area contributed by atoms with E-state index in [1.807, 2.05) is 36.4 Å². The predicted octanol–water partition coefficient (Wildman–Crippen LogP) is 2.42. The number of hydrogen-bond acceptors (Lipinski definition) is 6. The number of benzene rings is 2. The van der Waals surface area contributed by atoms with Crippen molar-refractivity contribution in [3.8, 4) is 0 Å². The average molecular weight is 327 g/mol. The summed E-state index contributed by atoms with van der Waals surface area (Å²) in [5.41, 5.74) is 2.74. The molecule has 1 N–H and O–H groups in total. The zero-order valence-corrected chi connectivity index (χ0v) is 12.9. The molecule has 116 valence electrons. The molecule has 0 unspecified atom stereocenters. The maximum absolute atomic E-state index is 11.9. The Kier molecular flexibility index (Phi) is 4.58. The molecule has 0 atom stereocenters. The molecule has 0 aliphatic carbocycles. The molecule has 0 spiro atoms. The van der Waals surface area contributed by atoms with E-state index < -0.39 is 11.9 Å². The number of anilines is 1. The lowest BCUT2D eigenvalue weighted by atomic mass is 10.2. The summed E-state index contributed by atoms with van der Waals surface area (Å²) in [5, 5.41) is 2.68. The average Bonchev–Trinajstić information content (AvgIpc) is 3.04. The lowest BCUT2D eigenvalue weighted by Crippen LogP contribution is -2.21. The highest BCUT2D eigenvalue weighted by molar-refractivity contribution is 7.00. The zero-order chi connectivity index (χ0) is 16.1. The van der Waals surface area contributed by atoms with Crippen molar-refractivity contribution in [1.29, 1.82) is 0 Å². The lowest BCUT2D eigenvalue weighted by molar-refractivity contribution is -0.146. The van der Waals surface area contributed by atoms with E-state index in [1.165, 1.54) is 0 Å². The van der Waals surface area contributed by atoms with Crippen LogP contribution in [0.3, 0.4) is 0 Å². The van der Waals surface area contributed by atoms with E-state index in [9.17, 15) is 9.59 Å². The minimum atomic E-state index is -0.445. The lowest BCUT2D eigenvalue weighted by Gasteiger charge is -2.07. The number of ether oxygens (including phenoxy) is 1. The summed E-state index contributed by atoms with van der Waals surface area (Å²) in [6.07, 6.45) is 0.139. The highest BCUT2D eigenvalue weighted by Gasteiger charge is 2.11. The van der Waals surface area contributed by atoms with Crippen molar-refractivity contribution in [2.75, 3.05) is 11.9 Å². The molecule has 0 saturated carbocycles. The van der Waals surface area contributed by atoms with E-state index in [2.05, 4.69) is 14.1 Å². The third kappa shape index (κ3) is 3.89. The van der Waals surface area contributed by atoms with Gasteiger partial charge in [0.1, 0.15) is 11.0 Å². The van der Waals surface area contributed by atoms with Crippen LogP contribution in [0.25, 0.3) is 11.0 Å². The third-order valence-corrected chi connectivity index (χ3v) is 3.66. The number of carbonyl (C=O) groups is 2. The zero-order valence-electron chi connectivity index (χ0n) is 12.1. The van der Waals surface area contributed by atoms with Crippen molar-refractivity contribution >= 4 is 40.3 Å². The van der Waals surface area contributed by atoms with Crippen molar-refractivity contribution in [1.82, 2.24) is 8.75 Å². The Labute approximate surface area is 136 Å². The molecule has 6 nitrogen and oxygen atoms in total. The van der Waals surface area contributed by atoms with E-state index in [0.717, 1.165) is 17.3 Å². The molecule has 0 aliphatic heterocycles. The first-order valence-electron chi connectivity index (χ1n) is 6.93. The largest absolute Gasteiger partial charge is 0.455 e. The molecule has 2 aromatic carbocycles. The summed E-state index contributed by atoms with van der Waals surface area (Å²) in [5.74, 6) is -0.855. The summed E-state index contributed by atoms with van der Waals surface area (Å²) >= 11 is 1.08. The molecular weight excluding hydrogens is 314 g/mol. The first-order chi connectivity index (χ1) is 11.2. The Balaban J connectivity index is 1.53. The molecule has 1 aromatic heterocycles. The van der Waals surface area contributed by atoms with Gasteiger partial charge in [-0.05, 0) is 17.7 Å². The smallest absolute Gasteiger partial charge is 0.310 e. The summed E-state index contributed by atoms with van der Waals surface area (Å²) in [4.78, 5) is 23.6. The normalized spacial score (nSPS) is 10.4. The first-order valence-corrected chi connectivity index (χ1v) is 7.66. The van der Waals surface area contributed by atoms with Crippen molar-refractivity contribution in [3.63, 3.8) is 0 Å². The van der Waals surface area contributed by atoms with Crippen LogP contribution in [-0.4, -0.2) is 27.2 Å². The van der Waals surface area contributed by atoms with Gasteiger partial charge in [0.25, 0.3) is 5.91 Å². The molecule has 7 heteroatoms. The van der Waals surface area contributed by atoms with Gasteiger partial charge in [-0.25, -0.2) is 0 Å². The van der Waals surface area contributed by atoms with E-state index >= 15 is 0 Å². The van der Waals surface area contributed by atoms with Gasteiger partial charge in [0.2, 0.25) is 0 Å². The van der Waals surface area contributed by atoms with Gasteiger partial charge in [0, 0.05) is 0 Å². The van der Waals surface area contributed by atoms with Crippen LogP contribution in [0.2, 0.25) is 0 Å². The fraction of sp³-hybridized carbons (Fsp3) is 0.125. The van der Waals surface area contributed by atoms with Crippen LogP contribution in [0.4, 0.5) is 5.69 Å². The van der Waals surface area contributed by atoms with Gasteiger partial charge in [-0.1, -0.05) is 36.4 Å². The molecule has 1 amide bonds. The van der Waals surface area contributed by atoms with E-state index in [0.29, 0.717) is 16.7 Å². The number of carbonyl (C=O) groups excluding carboxylic acids is 2. The fourth-order valence-corrected chi connectivity index (χ4v) is 2.60. The molecule has 0 saturated heterocycles. The van der Waals surface area contributed by atoms with Crippen LogP contribution in [0, 0.1) is 0 Å². The van der Waals surface area contributed by atoms with E-state index in [1.54, 1.807) is 12.1 Å². The molecule has 0 radical (unpaired) electrons. The van der Waals surface area contributed by atoms with Crippen LogP contribution in [0.15, 0.2) is 48.5 Å². The van der Waals surface area contributed by atoms with Crippen molar-refractivity contribution in [2.45, 2.75) is 6.42 Å². The molecule has 3 rings (SSSR count). The molecule has 3 aromatic rings. The molecule has 0 aliphatic rings. The second-order valence-electron chi connectivity index (χ2n) is 4.81. The van der Waals surface area contributed by atoms with Gasteiger partial charge in [0.05, 0.1) is 23.8 Å². The van der Waals surface area contributed by atoms with Crippen LogP contribution in [0.1, 0.15) is 5.56 Å². The summed E-state index contributed by atoms with van der Waals surface area (Å²) in [6, 6.07) is 14.5. The standard InChI is InChI=1S/C16H13N3O3S/c20-14(10-22-15(21)9-11-5-2-1-3-6-11)17-12-7-4-8-13-16(12)19-23-18-13/h1-8H,9-10H2,(H,17,20). The Bertz CT molecular complexity index is 833.